The molecule has 1 rings (SSSR count). The van der Waals surface area contributed by atoms with Crippen molar-refractivity contribution in [3.05, 3.63) is 30.1 Å². The van der Waals surface area contributed by atoms with E-state index < -0.39 is 0 Å². The Hall–Kier alpha value is -2.11. The summed E-state index contributed by atoms with van der Waals surface area (Å²) in [4.78, 5) is 17.1. The number of pyridine rings is 1. The molecule has 0 spiro atoms. The standard InChI is InChI=1S/C10H14N4O2/c1-14(7-4-9(11)13-16)10(15)8-2-5-12-6-3-8/h2-3,5-6,16H,4,7H2,1H3,(H2,11,13). The third-order valence-corrected chi connectivity index (χ3v) is 2.11. The Morgan fingerprint density at radius 1 is 1.56 bits per heavy atom. The van der Waals surface area contributed by atoms with E-state index in [1.165, 1.54) is 4.90 Å². The third kappa shape index (κ3) is 3.23. The summed E-state index contributed by atoms with van der Waals surface area (Å²) in [6, 6.07) is 3.28. The normalized spacial score (nSPS) is 11.2. The molecular weight excluding hydrogens is 208 g/mol. The lowest BCUT2D eigenvalue weighted by molar-refractivity contribution is 0.0798. The molecule has 0 aliphatic carbocycles. The van der Waals surface area contributed by atoms with Crippen molar-refractivity contribution in [2.75, 3.05) is 13.6 Å². The Bertz CT molecular complexity index is 378. The maximum Gasteiger partial charge on any atom is 0.253 e. The summed E-state index contributed by atoms with van der Waals surface area (Å²) in [5, 5.41) is 11.2. The Morgan fingerprint density at radius 2 is 2.19 bits per heavy atom. The summed E-state index contributed by atoms with van der Waals surface area (Å²) in [7, 11) is 1.66. The van der Waals surface area contributed by atoms with Gasteiger partial charge in [-0.05, 0) is 12.1 Å². The fourth-order valence-corrected chi connectivity index (χ4v) is 1.15. The van der Waals surface area contributed by atoms with Gasteiger partial charge in [0.15, 0.2) is 0 Å². The van der Waals surface area contributed by atoms with Gasteiger partial charge in [0.1, 0.15) is 5.84 Å². The highest BCUT2D eigenvalue weighted by atomic mass is 16.4. The molecule has 0 aliphatic heterocycles. The number of nitrogens with zero attached hydrogens (tertiary/aromatic N) is 3. The number of nitrogens with two attached hydrogens (primary N) is 1. The van der Waals surface area contributed by atoms with E-state index in [-0.39, 0.29) is 11.7 Å². The maximum atomic E-state index is 11.8. The molecule has 1 amide bonds. The second kappa shape index (κ2) is 5.69. The summed E-state index contributed by atoms with van der Waals surface area (Å²) >= 11 is 0. The number of hydrogen-bond donors (Lipinski definition) is 2. The molecule has 16 heavy (non-hydrogen) atoms. The van der Waals surface area contributed by atoms with E-state index in [9.17, 15) is 4.79 Å². The molecule has 0 aliphatic rings. The average Bonchev–Trinajstić information content (AvgIpc) is 2.35. The molecule has 0 radical (unpaired) electrons. The minimum absolute atomic E-state index is 0.106. The minimum atomic E-state index is -0.117. The highest BCUT2D eigenvalue weighted by Crippen LogP contribution is 2.01. The molecule has 86 valence electrons. The average molecular weight is 222 g/mol. The monoisotopic (exact) mass is 222 g/mol. The number of carbonyl (C=O) groups is 1. The summed E-state index contributed by atoms with van der Waals surface area (Å²) < 4.78 is 0. The minimum Gasteiger partial charge on any atom is -0.409 e. The van der Waals surface area contributed by atoms with E-state index in [0.29, 0.717) is 18.5 Å². The molecule has 0 saturated carbocycles. The molecule has 3 N–H and O–H groups in total. The number of rotatable bonds is 4. The first-order chi connectivity index (χ1) is 7.65. The molecule has 0 fully saturated rings. The molecule has 1 aromatic rings. The van der Waals surface area contributed by atoms with Gasteiger partial charge >= 0.3 is 0 Å². The second-order valence-corrected chi connectivity index (χ2v) is 3.30. The number of oxime groups is 1. The molecule has 6 heteroatoms. The first-order valence-corrected chi connectivity index (χ1v) is 4.77. The van der Waals surface area contributed by atoms with Crippen LogP contribution in [0.3, 0.4) is 0 Å². The van der Waals surface area contributed by atoms with Gasteiger partial charge in [0.05, 0.1) is 0 Å². The highest BCUT2D eigenvalue weighted by molar-refractivity contribution is 5.94. The molecule has 0 unspecified atom stereocenters. The number of hydrogen-bond acceptors (Lipinski definition) is 4. The Balaban J connectivity index is 2.55. The predicted molar refractivity (Wildman–Crippen MR) is 59.2 cm³/mol. The topological polar surface area (TPSA) is 91.8 Å². The lowest BCUT2D eigenvalue weighted by Crippen LogP contribution is -2.30. The van der Waals surface area contributed by atoms with Crippen LogP contribution in [0.1, 0.15) is 16.8 Å². The molecule has 6 nitrogen and oxygen atoms in total. The lowest BCUT2D eigenvalue weighted by Gasteiger charge is -2.16. The number of carbonyl (C=O) groups excluding carboxylic acids is 1. The van der Waals surface area contributed by atoms with Crippen molar-refractivity contribution in [2.45, 2.75) is 6.42 Å². The van der Waals surface area contributed by atoms with Gasteiger partial charge in [0.2, 0.25) is 0 Å². The number of amidine groups is 1. The Morgan fingerprint density at radius 3 is 2.75 bits per heavy atom. The van der Waals surface area contributed by atoms with E-state index >= 15 is 0 Å². The van der Waals surface area contributed by atoms with E-state index in [1.807, 2.05) is 0 Å². The quantitative estimate of drug-likeness (QED) is 0.331. The van der Waals surface area contributed by atoms with Gasteiger partial charge < -0.3 is 15.8 Å². The fourth-order valence-electron chi connectivity index (χ4n) is 1.15. The third-order valence-electron chi connectivity index (χ3n) is 2.11. The van der Waals surface area contributed by atoms with E-state index in [4.69, 9.17) is 10.9 Å². The summed E-state index contributed by atoms with van der Waals surface area (Å²) in [5.74, 6) is -0.0116. The van der Waals surface area contributed by atoms with Crippen molar-refractivity contribution < 1.29 is 10.0 Å². The van der Waals surface area contributed by atoms with Crippen molar-refractivity contribution >= 4 is 11.7 Å². The molecule has 0 aromatic carbocycles. The molecule has 1 aromatic heterocycles. The first kappa shape index (κ1) is 12.0. The van der Waals surface area contributed by atoms with Crippen molar-refractivity contribution in [2.24, 2.45) is 10.9 Å². The molecule has 0 bridgehead atoms. The van der Waals surface area contributed by atoms with Gasteiger partial charge in [0, 0.05) is 38.0 Å². The van der Waals surface area contributed by atoms with Crippen LogP contribution >= 0.6 is 0 Å². The first-order valence-electron chi connectivity index (χ1n) is 4.77. The smallest absolute Gasteiger partial charge is 0.253 e. The zero-order valence-corrected chi connectivity index (χ0v) is 9.00. The van der Waals surface area contributed by atoms with E-state index in [1.54, 1.807) is 31.6 Å². The zero-order valence-electron chi connectivity index (χ0n) is 9.00. The van der Waals surface area contributed by atoms with Crippen LogP contribution in [-0.2, 0) is 0 Å². The van der Waals surface area contributed by atoms with E-state index in [2.05, 4.69) is 10.1 Å². The van der Waals surface area contributed by atoms with Gasteiger partial charge in [-0.15, -0.1) is 0 Å². The largest absolute Gasteiger partial charge is 0.409 e. The summed E-state index contributed by atoms with van der Waals surface area (Å²) in [6.07, 6.45) is 3.46. The van der Waals surface area contributed by atoms with Crippen LogP contribution in [0.15, 0.2) is 29.7 Å². The number of aromatic nitrogens is 1. The molecule has 0 atom stereocenters. The lowest BCUT2D eigenvalue weighted by atomic mass is 10.2. The van der Waals surface area contributed by atoms with Crippen LogP contribution < -0.4 is 5.73 Å². The van der Waals surface area contributed by atoms with Gasteiger partial charge in [-0.1, -0.05) is 5.16 Å². The molecule has 0 saturated heterocycles. The van der Waals surface area contributed by atoms with Gasteiger partial charge in [-0.3, -0.25) is 9.78 Å². The van der Waals surface area contributed by atoms with Crippen LogP contribution in [0, 0.1) is 0 Å². The maximum absolute atomic E-state index is 11.8. The van der Waals surface area contributed by atoms with Gasteiger partial charge in [0.25, 0.3) is 5.91 Å². The predicted octanol–water partition coefficient (Wildman–Crippen LogP) is 0.290. The Labute approximate surface area is 93.4 Å². The van der Waals surface area contributed by atoms with Crippen molar-refractivity contribution in [1.82, 2.24) is 9.88 Å². The van der Waals surface area contributed by atoms with Gasteiger partial charge in [-0.25, -0.2) is 0 Å². The van der Waals surface area contributed by atoms with Crippen molar-refractivity contribution in [3.8, 4) is 0 Å². The van der Waals surface area contributed by atoms with E-state index in [0.717, 1.165) is 0 Å². The Kier molecular flexibility index (Phi) is 4.26. The van der Waals surface area contributed by atoms with Crippen LogP contribution in [0.2, 0.25) is 0 Å². The SMILES string of the molecule is CN(CC/C(N)=N/O)C(=O)c1ccncc1. The summed E-state index contributed by atoms with van der Waals surface area (Å²) in [5.41, 5.74) is 5.88. The highest BCUT2D eigenvalue weighted by Gasteiger charge is 2.11. The van der Waals surface area contributed by atoms with Gasteiger partial charge in [-0.2, -0.15) is 0 Å². The molecule has 1 heterocycles. The van der Waals surface area contributed by atoms with Crippen molar-refractivity contribution in [3.63, 3.8) is 0 Å². The zero-order chi connectivity index (χ0) is 12.0. The fraction of sp³-hybridized carbons (Fsp3) is 0.300. The second-order valence-electron chi connectivity index (χ2n) is 3.30. The van der Waals surface area contributed by atoms with Crippen LogP contribution in [0.25, 0.3) is 0 Å². The summed E-state index contributed by atoms with van der Waals surface area (Å²) in [6.45, 7) is 0.400. The van der Waals surface area contributed by atoms with Crippen molar-refractivity contribution in [1.29, 1.82) is 0 Å². The molecular formula is C10H14N4O2. The van der Waals surface area contributed by atoms with Crippen LogP contribution in [0.5, 0.6) is 0 Å². The van der Waals surface area contributed by atoms with Crippen LogP contribution in [-0.4, -0.2) is 40.4 Å². The van der Waals surface area contributed by atoms with Crippen LogP contribution in [0.4, 0.5) is 0 Å². The number of amides is 1.